The molecule has 0 radical (unpaired) electrons. The largest absolute Gasteiger partial charge is 0.484 e. The van der Waals surface area contributed by atoms with Crippen LogP contribution < -0.4 is 10.1 Å². The maximum absolute atomic E-state index is 12.6. The standard InChI is InChI=1S/C22H30F3NO4.C2H6/c1-4-29-20(28)21(8-6-5-7-9-21)13-26-19(27)12-18-15(2)10-17(11-16(18)3)30-14-22(23,24)25;1-2/h10-11H,4-9,12-14H2,1-3H3,(H,26,27);1-2H3. The smallest absolute Gasteiger partial charge is 0.422 e. The molecule has 32 heavy (non-hydrogen) atoms. The molecule has 2 rings (SSSR count). The van der Waals surface area contributed by atoms with Crippen molar-refractivity contribution in [3.63, 3.8) is 0 Å². The molecular formula is C24H36F3NO4. The lowest BCUT2D eigenvalue weighted by molar-refractivity contribution is -0.157. The van der Waals surface area contributed by atoms with Gasteiger partial charge in [-0.25, -0.2) is 0 Å². The van der Waals surface area contributed by atoms with Crippen LogP contribution in [0.25, 0.3) is 0 Å². The molecule has 0 atom stereocenters. The highest BCUT2D eigenvalue weighted by molar-refractivity contribution is 5.82. The van der Waals surface area contributed by atoms with Gasteiger partial charge in [-0.05, 0) is 62.4 Å². The first-order valence-corrected chi connectivity index (χ1v) is 11.3. The van der Waals surface area contributed by atoms with E-state index in [1.807, 2.05) is 13.8 Å². The van der Waals surface area contributed by atoms with Crippen LogP contribution in [0.5, 0.6) is 5.75 Å². The number of amides is 1. The van der Waals surface area contributed by atoms with E-state index in [1.165, 1.54) is 12.1 Å². The highest BCUT2D eigenvalue weighted by Gasteiger charge is 2.41. The molecule has 1 aliphatic carbocycles. The molecule has 0 heterocycles. The van der Waals surface area contributed by atoms with E-state index in [2.05, 4.69) is 5.32 Å². The van der Waals surface area contributed by atoms with E-state index in [0.717, 1.165) is 24.8 Å². The van der Waals surface area contributed by atoms with E-state index in [-0.39, 0.29) is 30.6 Å². The number of aryl methyl sites for hydroxylation is 2. The van der Waals surface area contributed by atoms with Gasteiger partial charge in [0.15, 0.2) is 6.61 Å². The zero-order chi connectivity index (χ0) is 24.4. The Morgan fingerprint density at radius 2 is 1.62 bits per heavy atom. The Balaban J connectivity index is 0.00000249. The summed E-state index contributed by atoms with van der Waals surface area (Å²) in [5.41, 5.74) is 1.42. The number of rotatable bonds is 8. The first-order chi connectivity index (χ1) is 15.1. The molecule has 1 amide bonds. The number of halogens is 3. The summed E-state index contributed by atoms with van der Waals surface area (Å²) in [6.45, 7) is 8.40. The molecule has 182 valence electrons. The summed E-state index contributed by atoms with van der Waals surface area (Å²) >= 11 is 0. The van der Waals surface area contributed by atoms with Crippen LogP contribution in [0.2, 0.25) is 0 Å². The lowest BCUT2D eigenvalue weighted by Gasteiger charge is -2.34. The van der Waals surface area contributed by atoms with E-state index >= 15 is 0 Å². The van der Waals surface area contributed by atoms with Gasteiger partial charge in [0.05, 0.1) is 18.4 Å². The summed E-state index contributed by atoms with van der Waals surface area (Å²) in [4.78, 5) is 25.1. The highest BCUT2D eigenvalue weighted by Crippen LogP contribution is 2.37. The number of alkyl halides is 3. The Bertz CT molecular complexity index is 733. The number of carbonyl (C=O) groups excluding carboxylic acids is 2. The van der Waals surface area contributed by atoms with Crippen LogP contribution >= 0.6 is 0 Å². The van der Waals surface area contributed by atoms with E-state index < -0.39 is 18.2 Å². The monoisotopic (exact) mass is 459 g/mol. The van der Waals surface area contributed by atoms with Crippen LogP contribution in [0, 0.1) is 19.3 Å². The fourth-order valence-electron chi connectivity index (χ4n) is 3.94. The normalized spacial score (nSPS) is 15.2. The van der Waals surface area contributed by atoms with Gasteiger partial charge in [0.25, 0.3) is 0 Å². The van der Waals surface area contributed by atoms with Gasteiger partial charge in [0, 0.05) is 6.54 Å². The first-order valence-electron chi connectivity index (χ1n) is 11.3. The van der Waals surface area contributed by atoms with Crippen LogP contribution in [0.4, 0.5) is 13.2 Å². The second-order valence-corrected chi connectivity index (χ2v) is 7.95. The summed E-state index contributed by atoms with van der Waals surface area (Å²) in [6.07, 6.45) is -0.0376. The molecular weight excluding hydrogens is 423 g/mol. The molecule has 0 aromatic heterocycles. The van der Waals surface area contributed by atoms with Crippen molar-refractivity contribution in [1.82, 2.24) is 5.32 Å². The molecule has 1 aromatic rings. The molecule has 0 bridgehead atoms. The summed E-state index contributed by atoms with van der Waals surface area (Å²) < 4.78 is 47.1. The third-order valence-electron chi connectivity index (χ3n) is 5.55. The van der Waals surface area contributed by atoms with Crippen molar-refractivity contribution in [3.8, 4) is 5.75 Å². The zero-order valence-corrected chi connectivity index (χ0v) is 19.8. The van der Waals surface area contributed by atoms with Gasteiger partial charge in [-0.1, -0.05) is 33.1 Å². The number of nitrogens with one attached hydrogen (secondary N) is 1. The van der Waals surface area contributed by atoms with Crippen molar-refractivity contribution in [1.29, 1.82) is 0 Å². The van der Waals surface area contributed by atoms with Gasteiger partial charge >= 0.3 is 12.1 Å². The van der Waals surface area contributed by atoms with E-state index in [4.69, 9.17) is 9.47 Å². The van der Waals surface area contributed by atoms with Crippen LogP contribution in [-0.4, -0.2) is 37.8 Å². The Hall–Kier alpha value is -2.25. The molecule has 8 heteroatoms. The number of hydrogen-bond acceptors (Lipinski definition) is 4. The maximum Gasteiger partial charge on any atom is 0.422 e. The number of carbonyl (C=O) groups is 2. The quantitative estimate of drug-likeness (QED) is 0.526. The first kappa shape index (κ1) is 27.8. The Morgan fingerprint density at radius 3 is 2.12 bits per heavy atom. The van der Waals surface area contributed by atoms with E-state index in [0.29, 0.717) is 30.6 Å². The van der Waals surface area contributed by atoms with Crippen molar-refractivity contribution in [3.05, 3.63) is 28.8 Å². The Labute approximate surface area is 189 Å². The number of hydrogen-bond donors (Lipinski definition) is 1. The maximum atomic E-state index is 12.6. The molecule has 1 saturated carbocycles. The molecule has 0 saturated heterocycles. The fourth-order valence-corrected chi connectivity index (χ4v) is 3.94. The third-order valence-corrected chi connectivity index (χ3v) is 5.55. The predicted molar refractivity (Wildman–Crippen MR) is 118 cm³/mol. The van der Waals surface area contributed by atoms with E-state index in [9.17, 15) is 22.8 Å². The molecule has 0 spiro atoms. The number of ether oxygens (including phenoxy) is 2. The SMILES string of the molecule is CC.CCOC(=O)C1(CNC(=O)Cc2c(C)cc(OCC(F)(F)F)cc2C)CCCCC1. The minimum Gasteiger partial charge on any atom is -0.484 e. The Morgan fingerprint density at radius 1 is 1.06 bits per heavy atom. The van der Waals surface area contributed by atoms with Gasteiger partial charge in [-0.2, -0.15) is 13.2 Å². The van der Waals surface area contributed by atoms with Gasteiger partial charge in [-0.3, -0.25) is 9.59 Å². The predicted octanol–water partition coefficient (Wildman–Crippen LogP) is 5.44. The molecule has 1 aliphatic rings. The second kappa shape index (κ2) is 12.7. The summed E-state index contributed by atoms with van der Waals surface area (Å²) in [5.74, 6) is -0.377. The molecule has 1 fully saturated rings. The fraction of sp³-hybridized carbons (Fsp3) is 0.667. The highest BCUT2D eigenvalue weighted by atomic mass is 19.4. The van der Waals surface area contributed by atoms with Gasteiger partial charge in [0.2, 0.25) is 5.91 Å². The van der Waals surface area contributed by atoms with Crippen LogP contribution in [-0.2, 0) is 20.7 Å². The summed E-state index contributed by atoms with van der Waals surface area (Å²) in [6, 6.07) is 3.01. The minimum absolute atomic E-state index is 0.0795. The van der Waals surface area contributed by atoms with Gasteiger partial charge < -0.3 is 14.8 Å². The minimum atomic E-state index is -4.41. The number of benzene rings is 1. The van der Waals surface area contributed by atoms with E-state index in [1.54, 1.807) is 20.8 Å². The van der Waals surface area contributed by atoms with Crippen molar-refractivity contribution in [2.75, 3.05) is 19.8 Å². The summed E-state index contributed by atoms with van der Waals surface area (Å²) in [7, 11) is 0. The average molecular weight is 460 g/mol. The van der Waals surface area contributed by atoms with Crippen LogP contribution in [0.15, 0.2) is 12.1 Å². The van der Waals surface area contributed by atoms with Gasteiger partial charge in [0.1, 0.15) is 5.75 Å². The third kappa shape index (κ3) is 8.36. The Kier molecular flexibility index (Phi) is 11.0. The van der Waals surface area contributed by atoms with Gasteiger partial charge in [-0.15, -0.1) is 0 Å². The lowest BCUT2D eigenvalue weighted by atomic mass is 9.74. The molecule has 0 unspecified atom stereocenters. The number of esters is 1. The second-order valence-electron chi connectivity index (χ2n) is 7.95. The zero-order valence-electron chi connectivity index (χ0n) is 19.8. The molecule has 1 aromatic carbocycles. The summed E-state index contributed by atoms with van der Waals surface area (Å²) in [5, 5.41) is 2.88. The average Bonchev–Trinajstić information content (AvgIpc) is 2.75. The molecule has 5 nitrogen and oxygen atoms in total. The van der Waals surface area contributed by atoms with Crippen LogP contribution in [0.1, 0.15) is 69.6 Å². The van der Waals surface area contributed by atoms with Crippen molar-refractivity contribution < 1.29 is 32.2 Å². The van der Waals surface area contributed by atoms with Crippen molar-refractivity contribution in [2.24, 2.45) is 5.41 Å². The lowest BCUT2D eigenvalue weighted by Crippen LogP contribution is -2.45. The molecule has 1 N–H and O–H groups in total. The van der Waals surface area contributed by atoms with Crippen molar-refractivity contribution in [2.45, 2.75) is 79.3 Å². The topological polar surface area (TPSA) is 64.6 Å². The van der Waals surface area contributed by atoms with Crippen LogP contribution in [0.3, 0.4) is 0 Å². The van der Waals surface area contributed by atoms with Crippen molar-refractivity contribution >= 4 is 11.9 Å². The molecule has 0 aliphatic heterocycles.